The molecule has 26 heavy (non-hydrogen) atoms. The van der Waals surface area contributed by atoms with Gasteiger partial charge in [-0.25, -0.2) is 4.79 Å². The highest BCUT2D eigenvalue weighted by Crippen LogP contribution is 2.18. The van der Waals surface area contributed by atoms with Gasteiger partial charge in [-0.3, -0.25) is 10.1 Å². The van der Waals surface area contributed by atoms with Gasteiger partial charge in [-0.05, 0) is 56.7 Å². The van der Waals surface area contributed by atoms with Crippen molar-refractivity contribution in [3.8, 4) is 5.75 Å². The van der Waals surface area contributed by atoms with Crippen molar-refractivity contribution in [2.75, 3.05) is 25.1 Å². The van der Waals surface area contributed by atoms with Crippen LogP contribution < -0.4 is 15.4 Å². The van der Waals surface area contributed by atoms with E-state index in [0.717, 1.165) is 11.3 Å². The summed E-state index contributed by atoms with van der Waals surface area (Å²) in [6.45, 7) is 6.85. The Bertz CT molecular complexity index is 757. The first-order valence-corrected chi connectivity index (χ1v) is 8.51. The maximum absolute atomic E-state index is 12.1. The maximum atomic E-state index is 12.1. The minimum absolute atomic E-state index is 0.197. The average Bonchev–Trinajstić information content (AvgIpc) is 2.61. The fourth-order valence-corrected chi connectivity index (χ4v) is 2.38. The number of hydrogen-bond acceptors (Lipinski definition) is 4. The van der Waals surface area contributed by atoms with Crippen molar-refractivity contribution >= 4 is 17.7 Å². The monoisotopic (exact) mass is 356 g/mol. The van der Waals surface area contributed by atoms with E-state index in [1.807, 2.05) is 26.0 Å². The summed E-state index contributed by atoms with van der Waals surface area (Å²) in [5, 5.41) is 5.38. The van der Waals surface area contributed by atoms with Gasteiger partial charge in [-0.15, -0.1) is 0 Å². The molecule has 0 saturated carbocycles. The van der Waals surface area contributed by atoms with E-state index in [9.17, 15) is 9.59 Å². The Kier molecular flexibility index (Phi) is 7.02. The van der Waals surface area contributed by atoms with Crippen LogP contribution >= 0.6 is 0 Å². The van der Waals surface area contributed by atoms with Crippen LogP contribution in [0.2, 0.25) is 0 Å². The van der Waals surface area contributed by atoms with E-state index in [2.05, 4.69) is 16.7 Å². The molecule has 0 bridgehead atoms. The van der Waals surface area contributed by atoms with Gasteiger partial charge in [0.2, 0.25) is 0 Å². The quantitative estimate of drug-likeness (QED) is 0.742. The van der Waals surface area contributed by atoms with Gasteiger partial charge in [0.1, 0.15) is 12.4 Å². The van der Waals surface area contributed by atoms with Crippen molar-refractivity contribution < 1.29 is 19.1 Å². The Labute approximate surface area is 153 Å². The van der Waals surface area contributed by atoms with E-state index in [1.165, 1.54) is 5.56 Å². The molecule has 0 aliphatic carbocycles. The van der Waals surface area contributed by atoms with E-state index in [-0.39, 0.29) is 5.91 Å². The third-order valence-electron chi connectivity index (χ3n) is 3.64. The van der Waals surface area contributed by atoms with Crippen LogP contribution in [0.15, 0.2) is 42.5 Å². The first-order valence-electron chi connectivity index (χ1n) is 8.51. The zero-order chi connectivity index (χ0) is 18.9. The molecule has 138 valence electrons. The number of hydrogen-bond donors (Lipinski definition) is 2. The highest BCUT2D eigenvalue weighted by Gasteiger charge is 2.07. The molecule has 2 amide bonds. The van der Waals surface area contributed by atoms with Gasteiger partial charge in [0.15, 0.2) is 0 Å². The largest absolute Gasteiger partial charge is 0.491 e. The van der Waals surface area contributed by atoms with Gasteiger partial charge in [-0.1, -0.05) is 17.7 Å². The Morgan fingerprint density at radius 2 is 1.77 bits per heavy atom. The van der Waals surface area contributed by atoms with E-state index in [0.29, 0.717) is 31.0 Å². The lowest BCUT2D eigenvalue weighted by molar-refractivity contribution is 0.0947. The van der Waals surface area contributed by atoms with Gasteiger partial charge < -0.3 is 14.8 Å². The Balaban J connectivity index is 1.78. The van der Waals surface area contributed by atoms with Crippen LogP contribution in [-0.4, -0.2) is 31.8 Å². The molecule has 0 saturated heterocycles. The van der Waals surface area contributed by atoms with Crippen molar-refractivity contribution in [3.05, 3.63) is 59.2 Å². The van der Waals surface area contributed by atoms with Crippen molar-refractivity contribution in [1.29, 1.82) is 0 Å². The van der Waals surface area contributed by atoms with Crippen LogP contribution in [0.4, 0.5) is 10.5 Å². The third-order valence-corrected chi connectivity index (χ3v) is 3.64. The molecule has 2 N–H and O–H groups in total. The van der Waals surface area contributed by atoms with Crippen LogP contribution in [0, 0.1) is 13.8 Å². The van der Waals surface area contributed by atoms with Crippen LogP contribution in [-0.2, 0) is 4.74 Å². The van der Waals surface area contributed by atoms with Gasteiger partial charge in [-0.2, -0.15) is 0 Å². The summed E-state index contributed by atoms with van der Waals surface area (Å²) < 4.78 is 10.5. The van der Waals surface area contributed by atoms with E-state index in [4.69, 9.17) is 9.47 Å². The summed E-state index contributed by atoms with van der Waals surface area (Å²) in [7, 11) is 0. The number of carbonyl (C=O) groups is 2. The Morgan fingerprint density at radius 1 is 1.04 bits per heavy atom. The van der Waals surface area contributed by atoms with Crippen molar-refractivity contribution in [1.82, 2.24) is 5.32 Å². The normalized spacial score (nSPS) is 10.1. The van der Waals surface area contributed by atoms with Crippen molar-refractivity contribution in [2.24, 2.45) is 0 Å². The van der Waals surface area contributed by atoms with Crippen LogP contribution in [0.3, 0.4) is 0 Å². The number of amides is 2. The summed E-state index contributed by atoms with van der Waals surface area (Å²) in [6, 6.07) is 12.6. The standard InChI is InChI=1S/C20H24N2O4/c1-4-25-20(24)22-17-8-6-16(7-9-17)19(23)21-11-12-26-18-10-5-14(2)13-15(18)3/h5-10,13H,4,11-12H2,1-3H3,(H,21,23)(H,22,24). The van der Waals surface area contributed by atoms with Gasteiger partial charge in [0.25, 0.3) is 5.91 Å². The molecule has 2 aromatic carbocycles. The predicted octanol–water partition coefficient (Wildman–Crippen LogP) is 3.68. The molecule has 0 aliphatic rings. The first kappa shape index (κ1) is 19.3. The number of ether oxygens (including phenoxy) is 2. The predicted molar refractivity (Wildman–Crippen MR) is 101 cm³/mol. The van der Waals surface area contributed by atoms with E-state index < -0.39 is 6.09 Å². The van der Waals surface area contributed by atoms with Gasteiger partial charge in [0.05, 0.1) is 13.2 Å². The minimum Gasteiger partial charge on any atom is -0.491 e. The van der Waals surface area contributed by atoms with Crippen LogP contribution in [0.5, 0.6) is 5.75 Å². The number of anilines is 1. The van der Waals surface area contributed by atoms with Crippen molar-refractivity contribution in [3.63, 3.8) is 0 Å². The molecular weight excluding hydrogens is 332 g/mol. The average molecular weight is 356 g/mol. The lowest BCUT2D eigenvalue weighted by Gasteiger charge is -2.11. The first-order chi connectivity index (χ1) is 12.5. The molecule has 0 fully saturated rings. The topological polar surface area (TPSA) is 76.7 Å². The lowest BCUT2D eigenvalue weighted by Crippen LogP contribution is -2.28. The second-order valence-corrected chi connectivity index (χ2v) is 5.80. The molecule has 0 unspecified atom stereocenters. The van der Waals surface area contributed by atoms with Gasteiger partial charge >= 0.3 is 6.09 Å². The second-order valence-electron chi connectivity index (χ2n) is 5.80. The zero-order valence-corrected chi connectivity index (χ0v) is 15.3. The van der Waals surface area contributed by atoms with Crippen molar-refractivity contribution in [2.45, 2.75) is 20.8 Å². The van der Waals surface area contributed by atoms with E-state index in [1.54, 1.807) is 31.2 Å². The summed E-state index contributed by atoms with van der Waals surface area (Å²) in [6.07, 6.45) is -0.520. The van der Waals surface area contributed by atoms with E-state index >= 15 is 0 Å². The fraction of sp³-hybridized carbons (Fsp3) is 0.300. The molecule has 2 aromatic rings. The summed E-state index contributed by atoms with van der Waals surface area (Å²) in [5.41, 5.74) is 3.33. The van der Waals surface area contributed by atoms with Crippen LogP contribution in [0.25, 0.3) is 0 Å². The molecular formula is C20H24N2O4. The SMILES string of the molecule is CCOC(=O)Nc1ccc(C(=O)NCCOc2ccc(C)cc2C)cc1. The summed E-state index contributed by atoms with van der Waals surface area (Å²) in [4.78, 5) is 23.5. The molecule has 2 rings (SSSR count). The number of rotatable bonds is 7. The zero-order valence-electron chi connectivity index (χ0n) is 15.3. The fourth-order valence-electron chi connectivity index (χ4n) is 2.38. The number of nitrogens with one attached hydrogen (secondary N) is 2. The summed E-state index contributed by atoms with van der Waals surface area (Å²) in [5.74, 6) is 0.621. The minimum atomic E-state index is -0.520. The lowest BCUT2D eigenvalue weighted by atomic mass is 10.1. The molecule has 6 nitrogen and oxygen atoms in total. The van der Waals surface area contributed by atoms with Crippen LogP contribution in [0.1, 0.15) is 28.4 Å². The molecule has 0 aliphatic heterocycles. The Morgan fingerprint density at radius 3 is 2.42 bits per heavy atom. The molecule has 6 heteroatoms. The number of carbonyl (C=O) groups excluding carboxylic acids is 2. The summed E-state index contributed by atoms with van der Waals surface area (Å²) >= 11 is 0. The third kappa shape index (κ3) is 5.81. The molecule has 0 aromatic heterocycles. The highest BCUT2D eigenvalue weighted by atomic mass is 16.5. The smallest absolute Gasteiger partial charge is 0.411 e. The van der Waals surface area contributed by atoms with Gasteiger partial charge in [0, 0.05) is 11.3 Å². The number of benzene rings is 2. The second kappa shape index (κ2) is 9.46. The highest BCUT2D eigenvalue weighted by molar-refractivity contribution is 5.95. The molecule has 0 radical (unpaired) electrons. The molecule has 0 atom stereocenters. The molecule has 0 spiro atoms. The molecule has 0 heterocycles. The number of aryl methyl sites for hydroxylation is 2. The maximum Gasteiger partial charge on any atom is 0.411 e. The Hall–Kier alpha value is -3.02.